The van der Waals surface area contributed by atoms with E-state index in [4.69, 9.17) is 0 Å². The van der Waals surface area contributed by atoms with Gasteiger partial charge in [-0.25, -0.2) is 15.0 Å². The topological polar surface area (TPSA) is 120 Å². The predicted octanol–water partition coefficient (Wildman–Crippen LogP) is 1.59. The lowest BCUT2D eigenvalue weighted by Crippen LogP contribution is -2.33. The Hall–Kier alpha value is -1.51. The fourth-order valence-electron chi connectivity index (χ4n) is 4.83. The van der Waals surface area contributed by atoms with Gasteiger partial charge in [0.2, 0.25) is 0 Å². The van der Waals surface area contributed by atoms with Crippen LogP contribution in [0.25, 0.3) is 11.2 Å². The average molecular weight is 466 g/mol. The van der Waals surface area contributed by atoms with Crippen LogP contribution in [-0.4, -0.2) is 48.0 Å². The van der Waals surface area contributed by atoms with Crippen molar-refractivity contribution in [1.82, 2.24) is 19.5 Å². The van der Waals surface area contributed by atoms with E-state index < -0.39 is 17.6 Å². The van der Waals surface area contributed by atoms with Gasteiger partial charge in [0.25, 0.3) is 0 Å². The third-order valence-corrected chi connectivity index (χ3v) is 6.77. The van der Waals surface area contributed by atoms with Gasteiger partial charge >= 0.3 is 0 Å². The van der Waals surface area contributed by atoms with E-state index in [1.165, 1.54) is 12.8 Å². The first-order chi connectivity index (χ1) is 12.5. The van der Waals surface area contributed by atoms with Crippen LogP contribution in [0.4, 0.5) is 5.82 Å². The number of anilines is 1. The number of halogens is 1. The minimum Gasteiger partial charge on any atom is -0.389 e. The molecule has 0 unspecified atom stereocenters. The third kappa shape index (κ3) is 2.21. The van der Waals surface area contributed by atoms with Gasteiger partial charge in [0.15, 0.2) is 20.8 Å². The Morgan fingerprint density at radius 1 is 1.31 bits per heavy atom. The molecule has 2 aromatic rings. The molecule has 3 saturated carbocycles. The molecular weight excluding hydrogens is 447 g/mol. The number of hydrogen-bond acceptors (Lipinski definition) is 7. The molecule has 136 valence electrons. The van der Waals surface area contributed by atoms with Crippen LogP contribution in [0.1, 0.15) is 38.1 Å². The molecule has 0 aromatic carbocycles. The van der Waals surface area contributed by atoms with Crippen molar-refractivity contribution < 1.29 is 10.2 Å². The van der Waals surface area contributed by atoms with Crippen molar-refractivity contribution in [2.45, 2.75) is 56.4 Å². The van der Waals surface area contributed by atoms with Gasteiger partial charge in [-0.15, -0.1) is 0 Å². The van der Waals surface area contributed by atoms with Crippen LogP contribution in [0.15, 0.2) is 6.33 Å². The van der Waals surface area contributed by atoms with Gasteiger partial charge in [0.05, 0.1) is 23.9 Å². The normalized spacial score (nSPS) is 36.2. The van der Waals surface area contributed by atoms with Crippen LogP contribution >= 0.6 is 22.6 Å². The second-order valence-corrected chi connectivity index (χ2v) is 8.64. The Labute approximate surface area is 163 Å². The molecule has 3 aliphatic carbocycles. The van der Waals surface area contributed by atoms with Crippen molar-refractivity contribution in [1.29, 1.82) is 5.26 Å². The van der Waals surface area contributed by atoms with Crippen molar-refractivity contribution in [3.63, 3.8) is 0 Å². The maximum Gasteiger partial charge on any atom is 0.194 e. The number of aliphatic hydroxyl groups is 2. The first kappa shape index (κ1) is 16.6. The van der Waals surface area contributed by atoms with Crippen molar-refractivity contribution in [2.75, 3.05) is 5.32 Å². The van der Waals surface area contributed by atoms with Crippen LogP contribution in [0.3, 0.4) is 0 Å². The Bertz CT molecular complexity index is 920. The average Bonchev–Trinajstić information content (AvgIpc) is 2.91. The fourth-order valence-corrected chi connectivity index (χ4v) is 5.30. The van der Waals surface area contributed by atoms with Crippen LogP contribution in [-0.2, 0) is 0 Å². The highest BCUT2D eigenvalue weighted by molar-refractivity contribution is 14.1. The highest BCUT2D eigenvalue weighted by Gasteiger charge is 2.72. The smallest absolute Gasteiger partial charge is 0.194 e. The number of imidazole rings is 1. The molecule has 0 amide bonds. The summed E-state index contributed by atoms with van der Waals surface area (Å²) in [5, 5.41) is 33.8. The number of aromatic nitrogens is 4. The zero-order chi connectivity index (χ0) is 18.1. The Morgan fingerprint density at radius 3 is 2.77 bits per heavy atom. The van der Waals surface area contributed by atoms with Gasteiger partial charge in [-0.05, 0) is 19.3 Å². The van der Waals surface area contributed by atoms with Crippen LogP contribution < -0.4 is 5.32 Å². The number of nitrogens with one attached hydrogen (secondary N) is 1. The molecule has 5 atom stereocenters. The van der Waals surface area contributed by atoms with E-state index in [-0.39, 0.29) is 12.0 Å². The molecule has 3 N–H and O–H groups in total. The van der Waals surface area contributed by atoms with E-state index in [1.807, 2.05) is 4.57 Å². The van der Waals surface area contributed by atoms with E-state index in [0.29, 0.717) is 27.5 Å². The Kier molecular flexibility index (Phi) is 3.68. The number of nitriles is 1. The number of hydrogen-bond donors (Lipinski definition) is 3. The van der Waals surface area contributed by atoms with Crippen LogP contribution in [0.2, 0.25) is 0 Å². The van der Waals surface area contributed by atoms with E-state index in [9.17, 15) is 15.5 Å². The second kappa shape index (κ2) is 5.74. The maximum absolute atomic E-state index is 10.5. The molecule has 0 bridgehead atoms. The molecule has 5 rings (SSSR count). The van der Waals surface area contributed by atoms with Gasteiger partial charge in [-0.3, -0.25) is 0 Å². The highest BCUT2D eigenvalue weighted by Crippen LogP contribution is 2.67. The van der Waals surface area contributed by atoms with E-state index >= 15 is 0 Å². The first-order valence-electron chi connectivity index (χ1n) is 8.99. The molecular formula is C17H19IN6O2. The molecule has 8 nitrogen and oxygen atoms in total. The van der Waals surface area contributed by atoms with E-state index in [0.717, 1.165) is 18.7 Å². The summed E-state index contributed by atoms with van der Waals surface area (Å²) in [5.41, 5.74) is 0.488. The lowest BCUT2D eigenvalue weighted by Gasteiger charge is -2.22. The quantitative estimate of drug-likeness (QED) is 0.464. The summed E-state index contributed by atoms with van der Waals surface area (Å²) >= 11 is 2.09. The number of rotatable bonds is 3. The Balaban J connectivity index is 1.56. The third-order valence-electron chi connectivity index (χ3n) is 6.29. The standard InChI is InChI=1S/C17H19IN6O2/c18-16-22-14(21-8-3-1-2-4-8)10-15(23-16)24(7-20-10)11-9-5-17(9,6-19)13(26)12(11)25/h7-9,11-13,25-26H,1-5H2,(H,21,22,23)/t9-,11-,12+,13+,17+/m1/s1. The van der Waals surface area contributed by atoms with Gasteiger partial charge in [0, 0.05) is 34.6 Å². The molecule has 9 heteroatoms. The molecule has 0 spiro atoms. The summed E-state index contributed by atoms with van der Waals surface area (Å²) < 4.78 is 2.43. The highest BCUT2D eigenvalue weighted by atomic mass is 127. The molecule has 3 fully saturated rings. The number of nitrogens with zero attached hydrogens (tertiary/aromatic N) is 5. The number of fused-ring (bicyclic) bond motifs is 2. The molecule has 2 aromatic heterocycles. The van der Waals surface area contributed by atoms with Crippen LogP contribution in [0.5, 0.6) is 0 Å². The van der Waals surface area contributed by atoms with Gasteiger partial charge in [0.1, 0.15) is 12.2 Å². The molecule has 2 heterocycles. The molecule has 26 heavy (non-hydrogen) atoms. The predicted molar refractivity (Wildman–Crippen MR) is 101 cm³/mol. The summed E-state index contributed by atoms with van der Waals surface area (Å²) in [6.07, 6.45) is 4.93. The molecule has 3 aliphatic rings. The molecule has 0 aliphatic heterocycles. The lowest BCUT2D eigenvalue weighted by molar-refractivity contribution is -0.00676. The van der Waals surface area contributed by atoms with Crippen molar-refractivity contribution in [3.8, 4) is 6.07 Å². The van der Waals surface area contributed by atoms with Gasteiger partial charge < -0.3 is 20.1 Å². The first-order valence-corrected chi connectivity index (χ1v) is 10.1. The van der Waals surface area contributed by atoms with Crippen molar-refractivity contribution >= 4 is 39.6 Å². The largest absolute Gasteiger partial charge is 0.389 e. The van der Waals surface area contributed by atoms with E-state index in [2.05, 4.69) is 48.9 Å². The maximum atomic E-state index is 10.5. The summed E-state index contributed by atoms with van der Waals surface area (Å²) in [6, 6.07) is 2.23. The summed E-state index contributed by atoms with van der Waals surface area (Å²) in [6.45, 7) is 0. The fraction of sp³-hybridized carbons (Fsp3) is 0.647. The zero-order valence-corrected chi connectivity index (χ0v) is 16.2. The van der Waals surface area contributed by atoms with E-state index in [1.54, 1.807) is 6.33 Å². The number of aliphatic hydroxyl groups excluding tert-OH is 2. The van der Waals surface area contributed by atoms with Crippen molar-refractivity contribution in [3.05, 3.63) is 10.2 Å². The summed E-state index contributed by atoms with van der Waals surface area (Å²) in [7, 11) is 0. The SMILES string of the molecule is N#C[C@@]12C[C@@H]1[C@@H](n1cnc3c(NC4CCCC4)nc(I)nc31)[C@H](O)[C@@H]2O. The van der Waals surface area contributed by atoms with Crippen LogP contribution in [0, 0.1) is 26.5 Å². The molecule has 0 saturated heterocycles. The zero-order valence-electron chi connectivity index (χ0n) is 14.0. The molecule has 0 radical (unpaired) electrons. The summed E-state index contributed by atoms with van der Waals surface area (Å²) in [5.74, 6) is 0.647. The Morgan fingerprint density at radius 2 is 2.08 bits per heavy atom. The minimum absolute atomic E-state index is 0.0752. The lowest BCUT2D eigenvalue weighted by atomic mass is 10.0. The van der Waals surface area contributed by atoms with Gasteiger partial charge in [-0.2, -0.15) is 5.26 Å². The monoisotopic (exact) mass is 466 g/mol. The summed E-state index contributed by atoms with van der Waals surface area (Å²) in [4.78, 5) is 13.6. The van der Waals surface area contributed by atoms with Gasteiger partial charge in [-0.1, -0.05) is 12.8 Å². The minimum atomic E-state index is -1.03. The van der Waals surface area contributed by atoms with Crippen molar-refractivity contribution in [2.24, 2.45) is 11.3 Å². The second-order valence-electron chi connectivity index (χ2n) is 7.68.